The molecule has 0 radical (unpaired) electrons. The summed E-state index contributed by atoms with van der Waals surface area (Å²) in [4.78, 5) is 11.9. The van der Waals surface area contributed by atoms with E-state index in [2.05, 4.69) is 17.6 Å². The smallest absolute Gasteiger partial charge is 0.237 e. The Morgan fingerprint density at radius 2 is 2.22 bits per heavy atom. The van der Waals surface area contributed by atoms with E-state index < -0.39 is 0 Å². The second-order valence-electron chi connectivity index (χ2n) is 5.10. The van der Waals surface area contributed by atoms with Crippen molar-refractivity contribution in [2.75, 3.05) is 6.54 Å². The second-order valence-corrected chi connectivity index (χ2v) is 5.10. The second kappa shape index (κ2) is 5.57. The lowest BCUT2D eigenvalue weighted by molar-refractivity contribution is -0.123. The molecule has 0 bridgehead atoms. The van der Waals surface area contributed by atoms with E-state index >= 15 is 0 Å². The molecular weight excluding hydrogens is 228 g/mol. The van der Waals surface area contributed by atoms with Crippen molar-refractivity contribution in [3.8, 4) is 0 Å². The van der Waals surface area contributed by atoms with Crippen molar-refractivity contribution < 1.29 is 9.21 Å². The van der Waals surface area contributed by atoms with Crippen LogP contribution >= 0.6 is 0 Å². The maximum absolute atomic E-state index is 11.9. The molecule has 2 rings (SSSR count). The topological polar surface area (TPSA) is 54.3 Å². The van der Waals surface area contributed by atoms with Gasteiger partial charge in [-0.05, 0) is 46.1 Å². The zero-order valence-electron chi connectivity index (χ0n) is 11.4. The minimum Gasteiger partial charge on any atom is -0.466 e. The van der Waals surface area contributed by atoms with Gasteiger partial charge in [0.2, 0.25) is 5.91 Å². The Bertz CT molecular complexity index is 425. The number of furan rings is 1. The van der Waals surface area contributed by atoms with Crippen LogP contribution in [0.2, 0.25) is 0 Å². The first-order valence-electron chi connectivity index (χ1n) is 6.68. The van der Waals surface area contributed by atoms with E-state index in [4.69, 9.17) is 4.42 Å². The summed E-state index contributed by atoms with van der Waals surface area (Å²) in [5, 5.41) is 6.35. The summed E-state index contributed by atoms with van der Waals surface area (Å²) in [6, 6.07) is 2.09. The lowest BCUT2D eigenvalue weighted by Crippen LogP contribution is -2.43. The van der Waals surface area contributed by atoms with Crippen LogP contribution in [0, 0.1) is 13.8 Å². The van der Waals surface area contributed by atoms with Gasteiger partial charge < -0.3 is 9.73 Å². The summed E-state index contributed by atoms with van der Waals surface area (Å²) in [6.07, 6.45) is 3.07. The van der Waals surface area contributed by atoms with Gasteiger partial charge in [0.15, 0.2) is 0 Å². The Balaban J connectivity index is 2.03. The van der Waals surface area contributed by atoms with Crippen LogP contribution in [-0.4, -0.2) is 18.5 Å². The van der Waals surface area contributed by atoms with Gasteiger partial charge in [-0.3, -0.25) is 10.1 Å². The molecule has 1 saturated heterocycles. The van der Waals surface area contributed by atoms with Crippen LogP contribution in [0.25, 0.3) is 0 Å². The highest BCUT2D eigenvalue weighted by molar-refractivity contribution is 5.81. The maximum atomic E-state index is 11.9. The van der Waals surface area contributed by atoms with Crippen molar-refractivity contribution in [1.29, 1.82) is 0 Å². The molecule has 2 unspecified atom stereocenters. The molecule has 0 saturated carbocycles. The van der Waals surface area contributed by atoms with E-state index in [9.17, 15) is 4.79 Å². The normalized spacial score (nSPS) is 22.4. The third kappa shape index (κ3) is 2.93. The summed E-state index contributed by atoms with van der Waals surface area (Å²) in [5.74, 6) is 1.97. The molecule has 18 heavy (non-hydrogen) atoms. The fraction of sp³-hybridized carbons (Fsp3) is 0.643. The molecule has 4 heteroatoms. The van der Waals surface area contributed by atoms with Gasteiger partial charge in [-0.25, -0.2) is 0 Å². The van der Waals surface area contributed by atoms with Crippen molar-refractivity contribution in [2.24, 2.45) is 0 Å². The molecule has 4 nitrogen and oxygen atoms in total. The number of carbonyl (C=O) groups is 1. The largest absolute Gasteiger partial charge is 0.466 e. The zero-order chi connectivity index (χ0) is 13.1. The molecule has 2 heterocycles. The van der Waals surface area contributed by atoms with Crippen LogP contribution in [-0.2, 0) is 4.79 Å². The molecular formula is C14H22N2O2. The summed E-state index contributed by atoms with van der Waals surface area (Å²) >= 11 is 0. The number of rotatable bonds is 3. The fourth-order valence-electron chi connectivity index (χ4n) is 2.57. The highest BCUT2D eigenvalue weighted by Gasteiger charge is 2.23. The molecule has 100 valence electrons. The Hall–Kier alpha value is -1.29. The highest BCUT2D eigenvalue weighted by Crippen LogP contribution is 2.22. The SMILES string of the molecule is Cc1cc(C(C)NC2CCCCNC2=O)c(C)o1. The van der Waals surface area contributed by atoms with E-state index in [1.807, 2.05) is 19.9 Å². The monoisotopic (exact) mass is 250 g/mol. The first-order valence-corrected chi connectivity index (χ1v) is 6.68. The van der Waals surface area contributed by atoms with E-state index in [0.717, 1.165) is 42.9 Å². The van der Waals surface area contributed by atoms with E-state index in [1.165, 1.54) is 0 Å². The average molecular weight is 250 g/mol. The van der Waals surface area contributed by atoms with Gasteiger partial charge in [-0.2, -0.15) is 0 Å². The zero-order valence-corrected chi connectivity index (χ0v) is 11.4. The van der Waals surface area contributed by atoms with Crippen molar-refractivity contribution in [2.45, 2.75) is 52.1 Å². The van der Waals surface area contributed by atoms with Crippen molar-refractivity contribution in [1.82, 2.24) is 10.6 Å². The molecule has 0 spiro atoms. The number of nitrogens with one attached hydrogen (secondary N) is 2. The van der Waals surface area contributed by atoms with Crippen molar-refractivity contribution in [3.05, 3.63) is 23.2 Å². The van der Waals surface area contributed by atoms with E-state index in [0.29, 0.717) is 0 Å². The van der Waals surface area contributed by atoms with Gasteiger partial charge in [0, 0.05) is 18.2 Å². The number of carbonyl (C=O) groups excluding carboxylic acids is 1. The minimum atomic E-state index is -0.0860. The lowest BCUT2D eigenvalue weighted by atomic mass is 10.1. The number of hydrogen-bond acceptors (Lipinski definition) is 3. The van der Waals surface area contributed by atoms with Crippen LogP contribution in [0.5, 0.6) is 0 Å². The Morgan fingerprint density at radius 3 is 2.89 bits per heavy atom. The van der Waals surface area contributed by atoms with Gasteiger partial charge in [-0.15, -0.1) is 0 Å². The molecule has 0 aromatic carbocycles. The van der Waals surface area contributed by atoms with Crippen LogP contribution in [0.1, 0.15) is 49.3 Å². The molecule has 2 atom stereocenters. The van der Waals surface area contributed by atoms with E-state index in [-0.39, 0.29) is 18.0 Å². The predicted octanol–water partition coefficient (Wildman–Crippen LogP) is 2.22. The van der Waals surface area contributed by atoms with Crippen LogP contribution in [0.4, 0.5) is 0 Å². The first-order chi connectivity index (χ1) is 8.58. The Kier molecular flexibility index (Phi) is 4.07. The standard InChI is InChI=1S/C14H22N2O2/c1-9-8-12(11(3)18-9)10(2)16-13-6-4-5-7-15-14(13)17/h8,10,13,16H,4-7H2,1-3H3,(H,15,17). The molecule has 2 N–H and O–H groups in total. The van der Waals surface area contributed by atoms with Crippen LogP contribution in [0.3, 0.4) is 0 Å². The van der Waals surface area contributed by atoms with Gasteiger partial charge in [-0.1, -0.05) is 0 Å². The van der Waals surface area contributed by atoms with E-state index in [1.54, 1.807) is 0 Å². The molecule has 1 aromatic heterocycles. The number of amides is 1. The fourth-order valence-corrected chi connectivity index (χ4v) is 2.57. The van der Waals surface area contributed by atoms with Crippen LogP contribution < -0.4 is 10.6 Å². The summed E-state index contributed by atoms with van der Waals surface area (Å²) in [5.41, 5.74) is 1.14. The van der Waals surface area contributed by atoms with Gasteiger partial charge >= 0.3 is 0 Å². The third-order valence-corrected chi connectivity index (χ3v) is 3.53. The average Bonchev–Trinajstić information content (AvgIpc) is 2.52. The maximum Gasteiger partial charge on any atom is 0.237 e. The van der Waals surface area contributed by atoms with Gasteiger partial charge in [0.05, 0.1) is 6.04 Å². The van der Waals surface area contributed by atoms with Crippen LogP contribution in [0.15, 0.2) is 10.5 Å². The molecule has 1 aromatic rings. The quantitative estimate of drug-likeness (QED) is 0.865. The molecule has 1 aliphatic heterocycles. The predicted molar refractivity (Wildman–Crippen MR) is 70.4 cm³/mol. The van der Waals surface area contributed by atoms with Crippen molar-refractivity contribution >= 4 is 5.91 Å². The van der Waals surface area contributed by atoms with Gasteiger partial charge in [0.1, 0.15) is 11.5 Å². The molecule has 1 aliphatic rings. The summed E-state index contributed by atoms with van der Waals surface area (Å²) in [7, 11) is 0. The minimum absolute atomic E-state index is 0.0860. The molecule has 1 fully saturated rings. The van der Waals surface area contributed by atoms with Gasteiger partial charge in [0.25, 0.3) is 0 Å². The summed E-state index contributed by atoms with van der Waals surface area (Å²) < 4.78 is 5.54. The first kappa shape index (κ1) is 13.1. The Morgan fingerprint density at radius 1 is 1.44 bits per heavy atom. The number of aryl methyl sites for hydroxylation is 2. The molecule has 1 amide bonds. The highest BCUT2D eigenvalue weighted by atomic mass is 16.3. The molecule has 0 aliphatic carbocycles. The Labute approximate surface area is 108 Å². The summed E-state index contributed by atoms with van der Waals surface area (Å²) in [6.45, 7) is 6.79. The van der Waals surface area contributed by atoms with Crippen molar-refractivity contribution in [3.63, 3.8) is 0 Å². The lowest BCUT2D eigenvalue weighted by Gasteiger charge is -2.20. The third-order valence-electron chi connectivity index (χ3n) is 3.53. The number of hydrogen-bond donors (Lipinski definition) is 2.